The Bertz CT molecular complexity index is 189. The van der Waals surface area contributed by atoms with E-state index >= 15 is 0 Å². The van der Waals surface area contributed by atoms with Gasteiger partial charge in [0.2, 0.25) is 0 Å². The number of allylic oxidation sites excluding steroid dienone is 1. The summed E-state index contributed by atoms with van der Waals surface area (Å²) in [6.07, 6.45) is 3.77. The molecule has 0 aromatic rings. The fourth-order valence-electron chi connectivity index (χ4n) is 0.852. The molecule has 0 amide bonds. The van der Waals surface area contributed by atoms with Crippen LogP contribution in [0.4, 0.5) is 0 Å². The van der Waals surface area contributed by atoms with Crippen LogP contribution in [0.25, 0.3) is 0 Å². The second-order valence-electron chi connectivity index (χ2n) is 3.15. The molecule has 0 bridgehead atoms. The van der Waals surface area contributed by atoms with Crippen molar-refractivity contribution < 1.29 is 7.84 Å². The quantitative estimate of drug-likeness (QED) is 0.436. The molecule has 72 valence electrons. The van der Waals surface area contributed by atoms with Crippen molar-refractivity contribution in [2.45, 2.75) is 32.4 Å². The highest BCUT2D eigenvalue weighted by atomic mass is 32.2. The molecule has 0 fully saturated rings. The first-order valence-electron chi connectivity index (χ1n) is 3.86. The molecule has 0 aliphatic carbocycles. The molecule has 0 aliphatic rings. The van der Waals surface area contributed by atoms with E-state index < -0.39 is 15.8 Å². The van der Waals surface area contributed by atoms with Crippen molar-refractivity contribution in [1.82, 2.24) is 0 Å². The smallest absolute Gasteiger partial charge is 0.177 e. The minimum absolute atomic E-state index is 0.252. The SMILES string of the molecule is CC=CC(C)(C(C)C)S(=O)OS. The van der Waals surface area contributed by atoms with Crippen molar-refractivity contribution in [3.05, 3.63) is 12.2 Å². The van der Waals surface area contributed by atoms with Gasteiger partial charge in [-0.05, 0) is 32.7 Å². The summed E-state index contributed by atoms with van der Waals surface area (Å²) in [5, 5.41) is 0. The molecule has 0 saturated heterocycles. The molecule has 0 radical (unpaired) electrons. The molecule has 12 heavy (non-hydrogen) atoms. The Kier molecular flexibility index (Phi) is 5.13. The van der Waals surface area contributed by atoms with Gasteiger partial charge in [0.1, 0.15) is 0 Å². The number of rotatable bonds is 4. The zero-order chi connectivity index (χ0) is 9.78. The predicted octanol–water partition coefficient (Wildman–Crippen LogP) is 2.50. The minimum atomic E-state index is -1.38. The molecule has 2 unspecified atom stereocenters. The highest BCUT2D eigenvalue weighted by Crippen LogP contribution is 2.27. The first-order valence-corrected chi connectivity index (χ1v) is 5.30. The maximum atomic E-state index is 11.4. The summed E-state index contributed by atoms with van der Waals surface area (Å²) in [4.78, 5) is 0. The Morgan fingerprint density at radius 3 is 2.33 bits per heavy atom. The Morgan fingerprint density at radius 1 is 1.58 bits per heavy atom. The maximum Gasteiger partial charge on any atom is 0.177 e. The van der Waals surface area contributed by atoms with Crippen molar-refractivity contribution in [3.63, 3.8) is 0 Å². The van der Waals surface area contributed by atoms with Crippen molar-refractivity contribution >= 4 is 24.0 Å². The zero-order valence-corrected chi connectivity index (χ0v) is 9.61. The van der Waals surface area contributed by atoms with Crippen LogP contribution >= 0.6 is 12.9 Å². The third-order valence-corrected chi connectivity index (χ3v) is 3.94. The summed E-state index contributed by atoms with van der Waals surface area (Å²) in [7, 11) is 0. The van der Waals surface area contributed by atoms with Gasteiger partial charge < -0.3 is 0 Å². The van der Waals surface area contributed by atoms with Crippen LogP contribution in [0, 0.1) is 5.92 Å². The van der Waals surface area contributed by atoms with E-state index in [0.29, 0.717) is 0 Å². The molecule has 2 atom stereocenters. The van der Waals surface area contributed by atoms with Crippen LogP contribution in [-0.4, -0.2) is 8.96 Å². The van der Waals surface area contributed by atoms with Crippen molar-refractivity contribution in [2.24, 2.45) is 5.92 Å². The molecule has 4 heteroatoms. The van der Waals surface area contributed by atoms with Crippen molar-refractivity contribution in [1.29, 1.82) is 0 Å². The van der Waals surface area contributed by atoms with Gasteiger partial charge in [-0.1, -0.05) is 26.0 Å². The highest BCUT2D eigenvalue weighted by Gasteiger charge is 2.33. The normalized spacial score (nSPS) is 19.8. The average molecular weight is 208 g/mol. The van der Waals surface area contributed by atoms with E-state index in [4.69, 9.17) is 0 Å². The van der Waals surface area contributed by atoms with Gasteiger partial charge in [0.15, 0.2) is 11.1 Å². The van der Waals surface area contributed by atoms with E-state index in [9.17, 15) is 4.21 Å². The maximum absolute atomic E-state index is 11.4. The molecular formula is C8H16O2S2. The van der Waals surface area contributed by atoms with Crippen LogP contribution in [0.5, 0.6) is 0 Å². The molecule has 0 saturated carbocycles. The zero-order valence-electron chi connectivity index (χ0n) is 7.90. The molecule has 0 N–H and O–H groups in total. The summed E-state index contributed by atoms with van der Waals surface area (Å²) in [5.41, 5.74) is 0. The van der Waals surface area contributed by atoms with Crippen molar-refractivity contribution in [2.75, 3.05) is 0 Å². The third-order valence-electron chi connectivity index (χ3n) is 2.07. The predicted molar refractivity (Wildman–Crippen MR) is 56.3 cm³/mol. The summed E-state index contributed by atoms with van der Waals surface area (Å²) >= 11 is 2.18. The second-order valence-corrected chi connectivity index (χ2v) is 5.09. The summed E-state index contributed by atoms with van der Waals surface area (Å²) < 4.78 is 15.5. The van der Waals surface area contributed by atoms with Crippen LogP contribution < -0.4 is 0 Å². The largest absolute Gasteiger partial charge is 0.228 e. The first kappa shape index (κ1) is 12.2. The van der Waals surface area contributed by atoms with Gasteiger partial charge in [0.25, 0.3) is 0 Å². The number of thiol groups is 1. The summed E-state index contributed by atoms with van der Waals surface area (Å²) in [6, 6.07) is 0. The lowest BCUT2D eigenvalue weighted by molar-refractivity contribution is 0.490. The lowest BCUT2D eigenvalue weighted by Crippen LogP contribution is -2.34. The standard InChI is InChI=1S/C8H16O2S2/c1-5-6-8(4,7(2)3)12(9)10-11/h5-7,11H,1-4H3. The van der Waals surface area contributed by atoms with Gasteiger partial charge in [-0.2, -0.15) is 0 Å². The van der Waals surface area contributed by atoms with Crippen LogP contribution in [0.1, 0.15) is 27.7 Å². The van der Waals surface area contributed by atoms with Gasteiger partial charge >= 0.3 is 0 Å². The Labute approximate surface area is 82.7 Å². The summed E-state index contributed by atoms with van der Waals surface area (Å²) in [5.74, 6) is 0.252. The molecule has 0 aromatic carbocycles. The molecule has 0 rings (SSSR count). The second kappa shape index (κ2) is 5.04. The fraction of sp³-hybridized carbons (Fsp3) is 0.750. The van der Waals surface area contributed by atoms with Crippen LogP contribution in [0.3, 0.4) is 0 Å². The van der Waals surface area contributed by atoms with Gasteiger partial charge in [0, 0.05) is 0 Å². The fourth-order valence-corrected chi connectivity index (χ4v) is 2.13. The summed E-state index contributed by atoms with van der Waals surface area (Å²) in [6.45, 7) is 7.80. The van der Waals surface area contributed by atoms with Gasteiger partial charge in [-0.15, -0.1) is 0 Å². The number of hydrogen-bond acceptors (Lipinski definition) is 3. The van der Waals surface area contributed by atoms with E-state index in [2.05, 4.69) is 16.5 Å². The average Bonchev–Trinajstić information content (AvgIpc) is 2.03. The third kappa shape index (κ3) is 2.61. The molecule has 0 aromatic heterocycles. The molecule has 2 nitrogen and oxygen atoms in total. The van der Waals surface area contributed by atoms with Gasteiger partial charge in [0.05, 0.1) is 4.75 Å². The van der Waals surface area contributed by atoms with E-state index in [1.54, 1.807) is 0 Å². The van der Waals surface area contributed by atoms with Gasteiger partial charge in [-0.25, -0.2) is 7.84 Å². The van der Waals surface area contributed by atoms with Crippen molar-refractivity contribution in [3.8, 4) is 0 Å². The van der Waals surface area contributed by atoms with Gasteiger partial charge in [-0.3, -0.25) is 0 Å². The number of hydrogen-bond donors (Lipinski definition) is 1. The van der Waals surface area contributed by atoms with E-state index in [1.807, 2.05) is 39.8 Å². The monoisotopic (exact) mass is 208 g/mol. The van der Waals surface area contributed by atoms with Crippen LogP contribution in [0.2, 0.25) is 0 Å². The Balaban J connectivity index is 4.73. The molecule has 0 aliphatic heterocycles. The van der Waals surface area contributed by atoms with E-state index in [-0.39, 0.29) is 5.92 Å². The topological polar surface area (TPSA) is 26.3 Å². The lowest BCUT2D eigenvalue weighted by atomic mass is 9.96. The van der Waals surface area contributed by atoms with Crippen LogP contribution in [0.15, 0.2) is 12.2 Å². The highest BCUT2D eigenvalue weighted by molar-refractivity contribution is 7.92. The van der Waals surface area contributed by atoms with Crippen LogP contribution in [-0.2, 0) is 14.7 Å². The molecule has 0 heterocycles. The van der Waals surface area contributed by atoms with E-state index in [0.717, 1.165) is 0 Å². The minimum Gasteiger partial charge on any atom is -0.228 e. The first-order chi connectivity index (χ1) is 5.49. The Morgan fingerprint density at radius 2 is 2.08 bits per heavy atom. The Hall–Kier alpha value is 0.200. The lowest BCUT2D eigenvalue weighted by Gasteiger charge is -2.27. The van der Waals surface area contributed by atoms with E-state index in [1.165, 1.54) is 0 Å². The molecular weight excluding hydrogens is 192 g/mol. The molecule has 0 spiro atoms.